The van der Waals surface area contributed by atoms with Crippen LogP contribution in [-0.4, -0.2) is 39.0 Å². The van der Waals surface area contributed by atoms with Gasteiger partial charge in [0.2, 0.25) is 5.95 Å². The monoisotopic (exact) mass is 412 g/mol. The van der Waals surface area contributed by atoms with E-state index >= 15 is 0 Å². The van der Waals surface area contributed by atoms with Crippen LogP contribution in [0.4, 0.5) is 17.3 Å². The Bertz CT molecular complexity index is 1300. The molecule has 0 bridgehead atoms. The summed E-state index contributed by atoms with van der Waals surface area (Å²) in [5.41, 5.74) is 3.04. The average Bonchev–Trinajstić information content (AvgIpc) is 2.94. The van der Waals surface area contributed by atoms with Gasteiger partial charge >= 0.3 is 5.69 Å². The van der Waals surface area contributed by atoms with Crippen LogP contribution in [0.2, 0.25) is 0 Å². The van der Waals surface area contributed by atoms with Gasteiger partial charge in [0, 0.05) is 18.8 Å². The number of benzene rings is 1. The molecule has 0 spiro atoms. The molecule has 1 aliphatic rings. The number of imidazole rings is 1. The lowest BCUT2D eigenvalue weighted by Crippen LogP contribution is -2.32. The Hall–Kier alpha value is -3.19. The predicted molar refractivity (Wildman–Crippen MR) is 110 cm³/mol. The number of hydrogen-bond donors (Lipinski definition) is 1. The van der Waals surface area contributed by atoms with Crippen LogP contribution in [0.5, 0.6) is 0 Å². The lowest BCUT2D eigenvalue weighted by molar-refractivity contribution is 0.443. The lowest BCUT2D eigenvalue weighted by atomic mass is 10.1. The second-order valence-electron chi connectivity index (χ2n) is 7.23. The standard InChI is InChI=1S/C19H20N6O3S/c1-12-10-13(20-2)4-5-15(12)22-18-21-11-16-17(23-18)25(19(26)24(16)3)14-6-8-29(27,28)9-7-14/h4-5,10-11,14H,6-9H2,1,3H3,(H,21,22,23). The van der Waals surface area contributed by atoms with E-state index in [9.17, 15) is 13.2 Å². The molecule has 29 heavy (non-hydrogen) atoms. The van der Waals surface area contributed by atoms with Crippen molar-refractivity contribution in [3.05, 3.63) is 51.9 Å². The largest absolute Gasteiger partial charge is 0.330 e. The number of aromatic nitrogens is 4. The summed E-state index contributed by atoms with van der Waals surface area (Å²) in [5.74, 6) is 0.478. The SMILES string of the molecule is [C-]#[N+]c1ccc(Nc2ncc3c(n2)n(C2CCS(=O)(=O)CC2)c(=O)n3C)c(C)c1. The molecule has 9 nitrogen and oxygen atoms in total. The molecule has 1 fully saturated rings. The third kappa shape index (κ3) is 3.49. The van der Waals surface area contributed by atoms with Gasteiger partial charge in [-0.1, -0.05) is 12.1 Å². The van der Waals surface area contributed by atoms with E-state index in [1.54, 1.807) is 36.0 Å². The van der Waals surface area contributed by atoms with E-state index in [2.05, 4.69) is 20.1 Å². The maximum atomic E-state index is 12.8. The Labute approximate surface area is 167 Å². The average molecular weight is 412 g/mol. The fourth-order valence-electron chi connectivity index (χ4n) is 3.64. The van der Waals surface area contributed by atoms with Gasteiger partial charge in [-0.15, -0.1) is 0 Å². The van der Waals surface area contributed by atoms with Crippen molar-refractivity contribution >= 4 is 38.3 Å². The van der Waals surface area contributed by atoms with Crippen molar-refractivity contribution in [3.63, 3.8) is 0 Å². The maximum absolute atomic E-state index is 12.8. The molecule has 1 N–H and O–H groups in total. The zero-order valence-electron chi connectivity index (χ0n) is 16.1. The topological polar surface area (TPSA) is 103 Å². The fourth-order valence-corrected chi connectivity index (χ4v) is 5.11. The molecule has 10 heteroatoms. The molecule has 0 amide bonds. The van der Waals surface area contributed by atoms with E-state index in [1.807, 2.05) is 6.92 Å². The number of nitrogens with zero attached hydrogens (tertiary/aromatic N) is 5. The zero-order chi connectivity index (χ0) is 20.8. The van der Waals surface area contributed by atoms with Gasteiger partial charge in [0.1, 0.15) is 15.4 Å². The molecule has 1 saturated heterocycles. The van der Waals surface area contributed by atoms with E-state index in [-0.39, 0.29) is 23.2 Å². The summed E-state index contributed by atoms with van der Waals surface area (Å²) in [7, 11) is -1.37. The minimum absolute atomic E-state index is 0.0727. The second kappa shape index (κ2) is 7.00. The highest BCUT2D eigenvalue weighted by Crippen LogP contribution is 2.27. The highest BCUT2D eigenvalue weighted by molar-refractivity contribution is 7.91. The van der Waals surface area contributed by atoms with Crippen LogP contribution in [0, 0.1) is 13.5 Å². The lowest BCUT2D eigenvalue weighted by Gasteiger charge is -2.22. The molecule has 150 valence electrons. The first-order valence-corrected chi connectivity index (χ1v) is 11.0. The van der Waals surface area contributed by atoms with E-state index in [0.29, 0.717) is 35.6 Å². The Balaban J connectivity index is 1.74. The van der Waals surface area contributed by atoms with E-state index in [1.165, 1.54) is 4.57 Å². The molecule has 0 saturated carbocycles. The molecular weight excluding hydrogens is 392 g/mol. The van der Waals surface area contributed by atoms with E-state index in [0.717, 1.165) is 11.3 Å². The van der Waals surface area contributed by atoms with Crippen molar-refractivity contribution in [2.45, 2.75) is 25.8 Å². The minimum atomic E-state index is -3.03. The molecule has 1 aliphatic heterocycles. The summed E-state index contributed by atoms with van der Waals surface area (Å²) in [6.07, 6.45) is 2.38. The van der Waals surface area contributed by atoms with Gasteiger partial charge in [0.25, 0.3) is 0 Å². The van der Waals surface area contributed by atoms with Gasteiger partial charge in [-0.05, 0) is 31.4 Å². The smallest absolute Gasteiger partial charge is 0.324 e. The molecule has 4 rings (SSSR count). The van der Waals surface area contributed by atoms with E-state index < -0.39 is 9.84 Å². The van der Waals surface area contributed by atoms with Crippen molar-refractivity contribution in [2.75, 3.05) is 16.8 Å². The van der Waals surface area contributed by atoms with Crippen LogP contribution in [0.15, 0.2) is 29.2 Å². The van der Waals surface area contributed by atoms with Crippen molar-refractivity contribution < 1.29 is 8.42 Å². The van der Waals surface area contributed by atoms with Crippen LogP contribution in [0.1, 0.15) is 24.4 Å². The highest BCUT2D eigenvalue weighted by atomic mass is 32.2. The molecule has 2 aromatic heterocycles. The number of aryl methyl sites for hydroxylation is 2. The number of hydrogen-bond acceptors (Lipinski definition) is 6. The van der Waals surface area contributed by atoms with Crippen LogP contribution < -0.4 is 11.0 Å². The number of fused-ring (bicyclic) bond motifs is 1. The minimum Gasteiger partial charge on any atom is -0.324 e. The quantitative estimate of drug-likeness (QED) is 0.663. The van der Waals surface area contributed by atoms with Crippen molar-refractivity contribution in [3.8, 4) is 0 Å². The molecule has 0 atom stereocenters. The van der Waals surface area contributed by atoms with Crippen molar-refractivity contribution in [1.82, 2.24) is 19.1 Å². The van der Waals surface area contributed by atoms with Gasteiger partial charge in [0.15, 0.2) is 11.3 Å². The van der Waals surface area contributed by atoms with Crippen LogP contribution in [0.3, 0.4) is 0 Å². The Morgan fingerprint density at radius 3 is 2.66 bits per heavy atom. The summed E-state index contributed by atoms with van der Waals surface area (Å²) in [5, 5.41) is 3.14. The Morgan fingerprint density at radius 2 is 2.00 bits per heavy atom. The predicted octanol–water partition coefficient (Wildman–Crippen LogP) is 2.48. The van der Waals surface area contributed by atoms with Gasteiger partial charge in [-0.2, -0.15) is 4.98 Å². The van der Waals surface area contributed by atoms with Crippen molar-refractivity contribution in [2.24, 2.45) is 7.05 Å². The Morgan fingerprint density at radius 1 is 1.28 bits per heavy atom. The third-order valence-corrected chi connectivity index (χ3v) is 7.02. The first-order chi connectivity index (χ1) is 13.8. The number of sulfone groups is 1. The van der Waals surface area contributed by atoms with Crippen LogP contribution in [0.25, 0.3) is 16.0 Å². The fraction of sp³-hybridized carbons (Fsp3) is 0.368. The van der Waals surface area contributed by atoms with Crippen LogP contribution >= 0.6 is 0 Å². The Kier molecular flexibility index (Phi) is 4.62. The van der Waals surface area contributed by atoms with Gasteiger partial charge in [-0.3, -0.25) is 9.13 Å². The van der Waals surface area contributed by atoms with Gasteiger partial charge in [0.05, 0.1) is 24.3 Å². The van der Waals surface area contributed by atoms with Crippen LogP contribution in [-0.2, 0) is 16.9 Å². The molecule has 0 radical (unpaired) electrons. The molecule has 0 unspecified atom stereocenters. The molecule has 3 heterocycles. The number of anilines is 2. The summed E-state index contributed by atoms with van der Waals surface area (Å²) in [4.78, 5) is 25.1. The summed E-state index contributed by atoms with van der Waals surface area (Å²) in [6, 6.07) is 5.06. The number of rotatable bonds is 3. The zero-order valence-corrected chi connectivity index (χ0v) is 16.9. The summed E-state index contributed by atoms with van der Waals surface area (Å²) in [6.45, 7) is 8.98. The summed E-state index contributed by atoms with van der Waals surface area (Å²) < 4.78 is 26.6. The maximum Gasteiger partial charge on any atom is 0.330 e. The van der Waals surface area contributed by atoms with Gasteiger partial charge in [-0.25, -0.2) is 23.0 Å². The molecule has 1 aromatic carbocycles. The highest BCUT2D eigenvalue weighted by Gasteiger charge is 2.28. The first kappa shape index (κ1) is 19.1. The van der Waals surface area contributed by atoms with Gasteiger partial charge < -0.3 is 5.32 Å². The van der Waals surface area contributed by atoms with E-state index in [4.69, 9.17) is 6.57 Å². The molecule has 3 aromatic rings. The summed E-state index contributed by atoms with van der Waals surface area (Å²) >= 11 is 0. The first-order valence-electron chi connectivity index (χ1n) is 9.18. The molecular formula is C19H20N6O3S. The normalized spacial score (nSPS) is 16.6. The second-order valence-corrected chi connectivity index (χ2v) is 9.54. The van der Waals surface area contributed by atoms with Crippen molar-refractivity contribution in [1.29, 1.82) is 0 Å². The number of nitrogens with one attached hydrogen (secondary N) is 1. The molecule has 0 aliphatic carbocycles. The third-order valence-electron chi connectivity index (χ3n) is 5.31.